The molecule has 0 aromatic carbocycles. The summed E-state index contributed by atoms with van der Waals surface area (Å²) in [5.74, 6) is -1.12. The van der Waals surface area contributed by atoms with Gasteiger partial charge in [-0.05, 0) is 23.7 Å². The van der Waals surface area contributed by atoms with Crippen LogP contribution in [-0.2, 0) is 9.47 Å². The molecule has 11 heteroatoms. The van der Waals surface area contributed by atoms with E-state index in [4.69, 9.17) is 46.4 Å². The molecule has 0 aliphatic heterocycles. The normalized spacial score (nSPS) is 9.68. The Hall–Kier alpha value is -1.80. The molecule has 134 valence electrons. The van der Waals surface area contributed by atoms with Gasteiger partial charge in [-0.1, -0.05) is 34.8 Å². The number of rotatable bonds is 2. The van der Waals surface area contributed by atoms with Gasteiger partial charge in [0.15, 0.2) is 6.20 Å². The Bertz CT molecular complexity index is 778. The first kappa shape index (κ1) is 21.2. The van der Waals surface area contributed by atoms with Gasteiger partial charge in [0.1, 0.15) is 15.7 Å². The molecule has 0 radical (unpaired) electrons. The highest BCUT2D eigenvalue weighted by Crippen LogP contribution is 2.20. The van der Waals surface area contributed by atoms with Crippen molar-refractivity contribution in [1.29, 1.82) is 0 Å². The Morgan fingerprint density at radius 3 is 2.00 bits per heavy atom. The fraction of sp³-hybridized carbons (Fsp3) is 0.143. The van der Waals surface area contributed by atoms with Gasteiger partial charge in [0.05, 0.1) is 24.8 Å². The molecule has 2 rings (SSSR count). The van der Waals surface area contributed by atoms with Gasteiger partial charge in [-0.25, -0.2) is 14.6 Å². The van der Waals surface area contributed by atoms with Gasteiger partial charge in [0.2, 0.25) is 0 Å². The van der Waals surface area contributed by atoms with Crippen molar-refractivity contribution < 1.29 is 23.8 Å². The van der Waals surface area contributed by atoms with Gasteiger partial charge in [-0.3, -0.25) is 0 Å². The van der Waals surface area contributed by atoms with Crippen LogP contribution in [0.1, 0.15) is 20.7 Å². The predicted molar refractivity (Wildman–Crippen MR) is 92.4 cm³/mol. The fourth-order valence-corrected chi connectivity index (χ4v) is 1.98. The van der Waals surface area contributed by atoms with Gasteiger partial charge in [0, 0.05) is 6.20 Å². The third-order valence-electron chi connectivity index (χ3n) is 2.57. The smallest absolute Gasteiger partial charge is 0.344 e. The molecule has 0 amide bonds. The lowest BCUT2D eigenvalue weighted by molar-refractivity contribution is -0.603. The minimum Gasteiger partial charge on any atom is -0.618 e. The van der Waals surface area contributed by atoms with Crippen LogP contribution in [0.3, 0.4) is 0 Å². The summed E-state index contributed by atoms with van der Waals surface area (Å²) in [4.78, 5) is 25.5. The third kappa shape index (κ3) is 5.89. The number of methoxy groups -OCH3 is 2. The molecule has 0 atom stereocenters. The quantitative estimate of drug-likeness (QED) is 0.314. The van der Waals surface area contributed by atoms with Crippen LogP contribution >= 0.6 is 46.4 Å². The standard InChI is InChI=1S/C7H5Cl2NO3.C7H5Cl2NO2/c1-13-7(11)4-2-5(8)6(9)10(12)3-4;1-12-7(11)4-2-5(8)6(9)10-3-4/h2-3H,1H3;2-3H,1H3. The number of hydrogen-bond donors (Lipinski definition) is 0. The Morgan fingerprint density at radius 2 is 1.52 bits per heavy atom. The zero-order chi connectivity index (χ0) is 19.1. The van der Waals surface area contributed by atoms with E-state index in [0.29, 0.717) is 4.73 Å². The van der Waals surface area contributed by atoms with Crippen LogP contribution in [0.15, 0.2) is 24.5 Å². The topological polar surface area (TPSA) is 92.4 Å². The summed E-state index contributed by atoms with van der Waals surface area (Å²) in [6.07, 6.45) is 2.31. The number of ether oxygens (including phenoxy) is 2. The first-order valence-electron chi connectivity index (χ1n) is 6.27. The Balaban J connectivity index is 0.000000251. The maximum atomic E-state index is 11.0. The van der Waals surface area contributed by atoms with E-state index < -0.39 is 11.9 Å². The summed E-state index contributed by atoms with van der Waals surface area (Å²) in [5.41, 5.74) is 0.346. The van der Waals surface area contributed by atoms with Crippen LogP contribution in [-0.4, -0.2) is 31.1 Å². The maximum absolute atomic E-state index is 11.0. The van der Waals surface area contributed by atoms with E-state index in [0.717, 1.165) is 6.20 Å². The van der Waals surface area contributed by atoms with Gasteiger partial charge in [-0.15, -0.1) is 0 Å². The van der Waals surface area contributed by atoms with Crippen LogP contribution in [0.25, 0.3) is 0 Å². The Kier molecular flexibility index (Phi) is 8.18. The Labute approximate surface area is 162 Å². The largest absolute Gasteiger partial charge is 0.618 e. The van der Waals surface area contributed by atoms with Crippen molar-refractivity contribution in [3.8, 4) is 0 Å². The summed E-state index contributed by atoms with van der Waals surface area (Å²) >= 11 is 22.2. The highest BCUT2D eigenvalue weighted by molar-refractivity contribution is 6.41. The minimum absolute atomic E-state index is 0.0135. The van der Waals surface area contributed by atoms with Crippen LogP contribution in [0.5, 0.6) is 0 Å². The number of pyridine rings is 2. The van der Waals surface area contributed by atoms with Crippen LogP contribution in [0.2, 0.25) is 20.4 Å². The van der Waals surface area contributed by atoms with Gasteiger partial charge < -0.3 is 14.7 Å². The zero-order valence-electron chi connectivity index (χ0n) is 12.8. The monoisotopic (exact) mass is 426 g/mol. The Morgan fingerprint density at radius 1 is 1.00 bits per heavy atom. The third-order valence-corrected chi connectivity index (χ3v) is 4.01. The molecule has 2 aromatic rings. The molecule has 0 bridgehead atoms. The summed E-state index contributed by atoms with van der Waals surface area (Å²) in [7, 11) is 2.49. The van der Waals surface area contributed by atoms with Gasteiger partial charge in [0.25, 0.3) is 0 Å². The molecule has 0 fully saturated rings. The molecular formula is C14H10Cl4N2O5. The fourth-order valence-electron chi connectivity index (χ4n) is 1.40. The first-order chi connectivity index (χ1) is 11.7. The number of aromatic nitrogens is 2. The molecule has 0 aliphatic rings. The number of halogens is 4. The van der Waals surface area contributed by atoms with E-state index in [1.807, 2.05) is 0 Å². The van der Waals surface area contributed by atoms with Crippen LogP contribution in [0, 0.1) is 5.21 Å². The van der Waals surface area contributed by atoms with Crippen molar-refractivity contribution in [3.63, 3.8) is 0 Å². The number of nitrogens with zero attached hydrogens (tertiary/aromatic N) is 2. The van der Waals surface area contributed by atoms with Crippen molar-refractivity contribution in [2.45, 2.75) is 0 Å². The van der Waals surface area contributed by atoms with Crippen molar-refractivity contribution >= 4 is 58.3 Å². The lowest BCUT2D eigenvalue weighted by Crippen LogP contribution is -2.29. The van der Waals surface area contributed by atoms with E-state index in [-0.39, 0.29) is 31.5 Å². The molecule has 0 saturated heterocycles. The highest BCUT2D eigenvalue weighted by atomic mass is 35.5. The SMILES string of the molecule is COC(=O)c1cc(Cl)c(Cl)[n+]([O-])c1.COC(=O)c1cnc(Cl)c(Cl)c1. The van der Waals surface area contributed by atoms with Crippen LogP contribution in [0.4, 0.5) is 0 Å². The highest BCUT2D eigenvalue weighted by Gasteiger charge is 2.15. The molecule has 2 heterocycles. The van der Waals surface area contributed by atoms with Crippen molar-refractivity contribution in [2.24, 2.45) is 0 Å². The molecule has 0 saturated carbocycles. The molecule has 0 aliphatic carbocycles. The van der Waals surface area contributed by atoms with Crippen molar-refractivity contribution in [3.05, 3.63) is 61.2 Å². The summed E-state index contributed by atoms with van der Waals surface area (Å²) in [6, 6.07) is 2.67. The van der Waals surface area contributed by atoms with E-state index in [9.17, 15) is 14.8 Å². The van der Waals surface area contributed by atoms with E-state index in [1.54, 1.807) is 0 Å². The average Bonchev–Trinajstić information content (AvgIpc) is 2.60. The number of carbonyl (C=O) groups excluding carboxylic acids is 2. The second-order valence-electron chi connectivity index (χ2n) is 4.17. The minimum atomic E-state index is -0.636. The van der Waals surface area contributed by atoms with E-state index >= 15 is 0 Å². The zero-order valence-corrected chi connectivity index (χ0v) is 15.8. The average molecular weight is 428 g/mol. The second-order valence-corrected chi connectivity index (χ2v) is 5.70. The van der Waals surface area contributed by atoms with E-state index in [2.05, 4.69) is 14.5 Å². The lowest BCUT2D eigenvalue weighted by atomic mass is 10.3. The van der Waals surface area contributed by atoms with Gasteiger partial charge in [-0.2, -0.15) is 4.73 Å². The molecule has 25 heavy (non-hydrogen) atoms. The summed E-state index contributed by atoms with van der Waals surface area (Å²) in [6.45, 7) is 0. The summed E-state index contributed by atoms with van der Waals surface area (Å²) < 4.78 is 9.15. The molecule has 0 N–H and O–H groups in total. The maximum Gasteiger partial charge on any atom is 0.344 e. The molecule has 0 unspecified atom stereocenters. The molecule has 7 nitrogen and oxygen atoms in total. The molecule has 0 spiro atoms. The first-order valence-corrected chi connectivity index (χ1v) is 7.78. The number of carbonyl (C=O) groups is 2. The van der Waals surface area contributed by atoms with Crippen molar-refractivity contribution in [2.75, 3.05) is 14.2 Å². The molecule has 2 aromatic heterocycles. The lowest BCUT2D eigenvalue weighted by Gasteiger charge is -2.02. The second kappa shape index (κ2) is 9.62. The number of esters is 2. The van der Waals surface area contributed by atoms with Crippen molar-refractivity contribution in [1.82, 2.24) is 4.98 Å². The predicted octanol–water partition coefficient (Wildman–Crippen LogP) is 3.59. The number of hydrogen-bond acceptors (Lipinski definition) is 6. The summed E-state index contributed by atoms with van der Waals surface area (Å²) in [5, 5.41) is 11.2. The van der Waals surface area contributed by atoms with Crippen LogP contribution < -0.4 is 4.73 Å². The van der Waals surface area contributed by atoms with E-state index in [1.165, 1.54) is 32.5 Å². The molecular weight excluding hydrogens is 418 g/mol. The van der Waals surface area contributed by atoms with Gasteiger partial charge >= 0.3 is 17.1 Å².